The van der Waals surface area contributed by atoms with Gasteiger partial charge in [-0.3, -0.25) is 4.79 Å². The Morgan fingerprint density at radius 2 is 1.77 bits per heavy atom. The van der Waals surface area contributed by atoms with Gasteiger partial charge in [0.15, 0.2) is 6.61 Å². The average molecular weight is 547 g/mol. The maximum Gasteiger partial charge on any atom is 0.344 e. The van der Waals surface area contributed by atoms with Crippen LogP contribution in [0.25, 0.3) is 0 Å². The van der Waals surface area contributed by atoms with E-state index in [4.69, 9.17) is 14.2 Å². The first kappa shape index (κ1) is 28.0. The van der Waals surface area contributed by atoms with Gasteiger partial charge >= 0.3 is 11.9 Å². The lowest BCUT2D eigenvalue weighted by Crippen LogP contribution is -2.59. The molecule has 5 aliphatic carbocycles. The molecule has 39 heavy (non-hydrogen) atoms. The molecular formula is C32H50O7. The summed E-state index contributed by atoms with van der Waals surface area (Å²) >= 11 is 0. The molecule has 7 heteroatoms. The van der Waals surface area contributed by atoms with E-state index < -0.39 is 5.97 Å². The number of hydrogen-bond donors (Lipinski definition) is 2. The summed E-state index contributed by atoms with van der Waals surface area (Å²) in [6.07, 6.45) is 12.2. The summed E-state index contributed by atoms with van der Waals surface area (Å²) in [5.74, 6) is 1.46. The van der Waals surface area contributed by atoms with Crippen molar-refractivity contribution in [3.05, 3.63) is 0 Å². The van der Waals surface area contributed by atoms with Gasteiger partial charge in [-0.15, -0.1) is 0 Å². The van der Waals surface area contributed by atoms with Crippen LogP contribution in [0.5, 0.6) is 0 Å². The molecule has 0 aromatic heterocycles. The molecule has 1 spiro atoms. The summed E-state index contributed by atoms with van der Waals surface area (Å²) in [5.41, 5.74) is -0.314. The zero-order valence-corrected chi connectivity index (χ0v) is 24.2. The molecule has 1 aliphatic heterocycles. The normalized spacial score (nSPS) is 46.3. The van der Waals surface area contributed by atoms with Crippen LogP contribution in [0, 0.1) is 40.9 Å². The van der Waals surface area contributed by atoms with E-state index in [1.54, 1.807) is 0 Å². The fourth-order valence-electron chi connectivity index (χ4n) is 10.6. The maximum atomic E-state index is 12.5. The summed E-state index contributed by atoms with van der Waals surface area (Å²) in [6.45, 7) is 6.41. The van der Waals surface area contributed by atoms with Crippen molar-refractivity contribution in [1.29, 1.82) is 0 Å². The number of epoxide rings is 1. The molecule has 6 fully saturated rings. The first-order valence-electron chi connectivity index (χ1n) is 16.0. The monoisotopic (exact) mass is 546 g/mol. The second-order valence-electron chi connectivity index (χ2n) is 14.5. The van der Waals surface area contributed by atoms with Gasteiger partial charge in [0.2, 0.25) is 0 Å². The highest BCUT2D eigenvalue weighted by Gasteiger charge is 2.76. The van der Waals surface area contributed by atoms with Crippen molar-refractivity contribution < 1.29 is 34.0 Å². The number of carbonyl (C=O) groups is 2. The molecule has 1 heterocycles. The predicted octanol–water partition coefficient (Wildman–Crippen LogP) is 4.94. The van der Waals surface area contributed by atoms with Crippen LogP contribution < -0.4 is 0 Å². The van der Waals surface area contributed by atoms with Gasteiger partial charge in [-0.2, -0.15) is 0 Å². The molecule has 6 aliphatic rings. The highest BCUT2D eigenvalue weighted by molar-refractivity contribution is 5.76. The second-order valence-corrected chi connectivity index (χ2v) is 14.5. The van der Waals surface area contributed by atoms with Gasteiger partial charge in [0.05, 0.1) is 18.3 Å². The summed E-state index contributed by atoms with van der Waals surface area (Å²) in [4.78, 5) is 24.9. The molecule has 11 unspecified atom stereocenters. The maximum absolute atomic E-state index is 12.5. The molecule has 0 bridgehead atoms. The Morgan fingerprint density at radius 1 is 1.00 bits per heavy atom. The van der Waals surface area contributed by atoms with Gasteiger partial charge < -0.3 is 24.4 Å². The first-order chi connectivity index (χ1) is 18.6. The van der Waals surface area contributed by atoms with E-state index in [2.05, 4.69) is 13.8 Å². The Hall–Kier alpha value is -1.18. The molecular weight excluding hydrogens is 496 g/mol. The highest BCUT2D eigenvalue weighted by atomic mass is 16.6. The lowest BCUT2D eigenvalue weighted by Gasteiger charge is -2.59. The molecule has 0 aromatic rings. The summed E-state index contributed by atoms with van der Waals surface area (Å²) in [6, 6.07) is 0. The van der Waals surface area contributed by atoms with Gasteiger partial charge in [-0.1, -0.05) is 20.8 Å². The van der Waals surface area contributed by atoms with Crippen molar-refractivity contribution in [2.45, 2.75) is 140 Å². The van der Waals surface area contributed by atoms with Crippen molar-refractivity contribution >= 4 is 11.9 Å². The average Bonchev–Trinajstić information content (AvgIpc) is 3.24. The fraction of sp³-hybridized carbons (Fsp3) is 0.938. The zero-order valence-electron chi connectivity index (χ0n) is 24.2. The highest BCUT2D eigenvalue weighted by Crippen LogP contribution is 2.72. The third-order valence-corrected chi connectivity index (χ3v) is 12.8. The molecule has 6 rings (SSSR count). The number of rotatable bonds is 8. The molecule has 0 aromatic carbocycles. The van der Waals surface area contributed by atoms with E-state index >= 15 is 0 Å². The predicted molar refractivity (Wildman–Crippen MR) is 144 cm³/mol. The Balaban J connectivity index is 1.03. The quantitative estimate of drug-likeness (QED) is 0.328. The van der Waals surface area contributed by atoms with Crippen molar-refractivity contribution in [1.82, 2.24) is 0 Å². The van der Waals surface area contributed by atoms with Gasteiger partial charge in [-0.25, -0.2) is 4.79 Å². The number of esters is 2. The Bertz CT molecular complexity index is 945. The third kappa shape index (κ3) is 4.67. The van der Waals surface area contributed by atoms with Gasteiger partial charge in [0.25, 0.3) is 0 Å². The van der Waals surface area contributed by atoms with E-state index in [0.717, 1.165) is 83.5 Å². The minimum absolute atomic E-state index is 0.137. The van der Waals surface area contributed by atoms with Crippen molar-refractivity contribution in [3.8, 4) is 0 Å². The van der Waals surface area contributed by atoms with Crippen molar-refractivity contribution in [2.75, 3.05) is 6.61 Å². The number of ether oxygens (including phenoxy) is 3. The van der Waals surface area contributed by atoms with Crippen LogP contribution in [0.2, 0.25) is 0 Å². The number of aliphatic hydroxyl groups excluding tert-OH is 2. The van der Waals surface area contributed by atoms with Gasteiger partial charge in [0.1, 0.15) is 11.2 Å². The van der Waals surface area contributed by atoms with Gasteiger partial charge in [0, 0.05) is 6.42 Å². The molecule has 7 nitrogen and oxygen atoms in total. The number of carbonyl (C=O) groups excluding carboxylic acids is 2. The zero-order chi connectivity index (χ0) is 27.6. The fourth-order valence-corrected chi connectivity index (χ4v) is 10.6. The summed E-state index contributed by atoms with van der Waals surface area (Å²) in [5, 5.41) is 21.7. The molecule has 220 valence electrons. The Kier molecular flexibility index (Phi) is 7.36. The number of aliphatic hydroxyl groups is 2. The summed E-state index contributed by atoms with van der Waals surface area (Å²) < 4.78 is 17.7. The van der Waals surface area contributed by atoms with Crippen LogP contribution >= 0.6 is 0 Å². The Labute approximate surface area is 233 Å². The van der Waals surface area contributed by atoms with Crippen LogP contribution in [-0.4, -0.2) is 58.3 Å². The van der Waals surface area contributed by atoms with Crippen LogP contribution in [0.3, 0.4) is 0 Å². The molecule has 0 radical (unpaired) electrons. The lowest BCUT2D eigenvalue weighted by molar-refractivity contribution is -0.170. The van der Waals surface area contributed by atoms with Crippen molar-refractivity contribution in [2.24, 2.45) is 40.9 Å². The van der Waals surface area contributed by atoms with E-state index in [9.17, 15) is 19.8 Å². The molecule has 11 atom stereocenters. The topological polar surface area (TPSA) is 106 Å². The number of hydrogen-bond acceptors (Lipinski definition) is 7. The smallest absolute Gasteiger partial charge is 0.344 e. The van der Waals surface area contributed by atoms with Gasteiger partial charge in [-0.05, 0) is 124 Å². The van der Waals surface area contributed by atoms with E-state index in [1.165, 1.54) is 0 Å². The van der Waals surface area contributed by atoms with Crippen LogP contribution in [-0.2, 0) is 23.8 Å². The minimum atomic E-state index is -0.432. The lowest BCUT2D eigenvalue weighted by atomic mass is 9.46. The third-order valence-electron chi connectivity index (χ3n) is 12.8. The van der Waals surface area contributed by atoms with Crippen LogP contribution in [0.1, 0.15) is 111 Å². The number of fused-ring (bicyclic) bond motifs is 4. The second kappa shape index (κ2) is 10.3. The van der Waals surface area contributed by atoms with Crippen LogP contribution in [0.15, 0.2) is 0 Å². The Morgan fingerprint density at radius 3 is 2.51 bits per heavy atom. The van der Waals surface area contributed by atoms with E-state index in [0.29, 0.717) is 36.0 Å². The first-order valence-corrected chi connectivity index (χ1v) is 16.0. The van der Waals surface area contributed by atoms with Crippen molar-refractivity contribution in [3.63, 3.8) is 0 Å². The van der Waals surface area contributed by atoms with E-state index in [1.807, 2.05) is 6.92 Å². The summed E-state index contributed by atoms with van der Waals surface area (Å²) in [7, 11) is 0. The van der Waals surface area contributed by atoms with Crippen LogP contribution in [0.4, 0.5) is 0 Å². The SMILES string of the molecule is CCC1(OC(=O)COC(=O)CCC(C)C2CCC3C4C(O)CC5CC(O)CCC5(C)C4CC4OC423)CCCC1. The molecule has 2 N–H and O–H groups in total. The molecule has 1 saturated heterocycles. The molecule has 0 amide bonds. The largest absolute Gasteiger partial charge is 0.457 e. The van der Waals surface area contributed by atoms with E-state index in [-0.39, 0.29) is 53.4 Å². The standard InChI is InChI=1S/C32H50O7/c1-4-31(12-5-6-13-31)39-28(36)18-37-27(35)10-7-19(2)22-8-9-23-29-24(17-26-32(22,23)38-26)30(3)14-11-21(33)15-20(30)16-25(29)34/h19-26,29,33-34H,4-18H2,1-3H3. The molecule has 5 saturated carbocycles. The minimum Gasteiger partial charge on any atom is -0.457 e.